The van der Waals surface area contributed by atoms with Crippen LogP contribution in [0, 0.1) is 0 Å². The van der Waals surface area contributed by atoms with Gasteiger partial charge in [0.2, 0.25) is 11.8 Å². The molecule has 0 radical (unpaired) electrons. The van der Waals surface area contributed by atoms with Crippen LogP contribution in [-0.2, 0) is 22.6 Å². The number of hydrogen-bond donors (Lipinski definition) is 1. The Hall–Kier alpha value is -3.51. The van der Waals surface area contributed by atoms with Crippen molar-refractivity contribution in [3.05, 3.63) is 95.0 Å². The molecule has 0 aromatic heterocycles. The summed E-state index contributed by atoms with van der Waals surface area (Å²) < 4.78 is 11.0. The third-order valence-corrected chi connectivity index (χ3v) is 7.31. The summed E-state index contributed by atoms with van der Waals surface area (Å²) in [4.78, 5) is 29.2. The highest BCUT2D eigenvalue weighted by Gasteiger charge is 2.32. The van der Waals surface area contributed by atoms with Crippen LogP contribution in [-0.4, -0.2) is 42.5 Å². The van der Waals surface area contributed by atoms with E-state index in [1.807, 2.05) is 78.9 Å². The molecule has 0 bridgehead atoms. The number of ether oxygens (including phenoxy) is 2. The second-order valence-corrected chi connectivity index (χ2v) is 10.4. The van der Waals surface area contributed by atoms with Crippen LogP contribution in [0.4, 0.5) is 0 Å². The van der Waals surface area contributed by atoms with E-state index in [0.717, 1.165) is 48.3 Å². The molecule has 1 aliphatic carbocycles. The summed E-state index contributed by atoms with van der Waals surface area (Å²) in [6.45, 7) is 0.689. The molecule has 0 spiro atoms. The predicted octanol–water partition coefficient (Wildman–Crippen LogP) is 6.21. The van der Waals surface area contributed by atoms with Crippen molar-refractivity contribution in [3.63, 3.8) is 0 Å². The lowest BCUT2D eigenvalue weighted by molar-refractivity contribution is -0.141. The summed E-state index contributed by atoms with van der Waals surface area (Å²) in [6.07, 6.45) is 5.43. The molecular weight excluding hydrogens is 512 g/mol. The highest BCUT2D eigenvalue weighted by atomic mass is 35.5. The fraction of sp³-hybridized carbons (Fsp3) is 0.375. The van der Waals surface area contributed by atoms with Gasteiger partial charge in [-0.1, -0.05) is 66.9 Å². The summed E-state index contributed by atoms with van der Waals surface area (Å²) in [5.74, 6) is 1.29. The lowest BCUT2D eigenvalue weighted by Crippen LogP contribution is -2.52. The number of carbonyl (C=O) groups excluding carboxylic acids is 2. The van der Waals surface area contributed by atoms with Gasteiger partial charge in [0.25, 0.3) is 0 Å². The number of methoxy groups -OCH3 is 1. The van der Waals surface area contributed by atoms with E-state index in [9.17, 15) is 9.59 Å². The van der Waals surface area contributed by atoms with Crippen LogP contribution < -0.4 is 14.8 Å². The molecule has 39 heavy (non-hydrogen) atoms. The molecule has 6 nitrogen and oxygen atoms in total. The molecule has 7 heteroatoms. The topological polar surface area (TPSA) is 67.9 Å². The first-order valence-electron chi connectivity index (χ1n) is 13.7. The van der Waals surface area contributed by atoms with Gasteiger partial charge in [-0.25, -0.2) is 0 Å². The number of amides is 2. The Morgan fingerprint density at radius 3 is 2.33 bits per heavy atom. The van der Waals surface area contributed by atoms with Crippen molar-refractivity contribution in [2.24, 2.45) is 0 Å². The summed E-state index contributed by atoms with van der Waals surface area (Å²) in [5, 5.41) is 3.84. The van der Waals surface area contributed by atoms with E-state index < -0.39 is 6.04 Å². The largest absolute Gasteiger partial charge is 0.497 e. The zero-order chi connectivity index (χ0) is 27.5. The standard InChI is InChI=1S/C32H37ClN2O4/c1-38-28-16-18-29(19-17-28)39-20-8-15-31(36)35(23-25-11-7-12-26(33)21-25)30(22-24-9-3-2-4-10-24)32(37)34-27-13-5-6-14-27/h2-4,7,9-12,16-19,21,27,30H,5-6,8,13-15,20,22-23H2,1H3,(H,34,37). The van der Waals surface area contributed by atoms with Crippen LogP contribution in [0.3, 0.4) is 0 Å². The first-order chi connectivity index (χ1) is 19.0. The number of hydrogen-bond acceptors (Lipinski definition) is 4. The number of carbonyl (C=O) groups is 2. The van der Waals surface area contributed by atoms with E-state index in [1.54, 1.807) is 12.0 Å². The van der Waals surface area contributed by atoms with Gasteiger partial charge in [0.15, 0.2) is 0 Å². The maximum absolute atomic E-state index is 13.7. The van der Waals surface area contributed by atoms with Gasteiger partial charge in [0.1, 0.15) is 17.5 Å². The maximum atomic E-state index is 13.7. The van der Waals surface area contributed by atoms with Crippen molar-refractivity contribution in [1.29, 1.82) is 0 Å². The van der Waals surface area contributed by atoms with Crippen molar-refractivity contribution in [2.75, 3.05) is 13.7 Å². The zero-order valence-electron chi connectivity index (χ0n) is 22.5. The van der Waals surface area contributed by atoms with Gasteiger partial charge in [0, 0.05) is 30.5 Å². The number of halogens is 1. The Bertz CT molecular complexity index is 1200. The Labute approximate surface area is 236 Å². The molecule has 1 saturated carbocycles. The van der Waals surface area contributed by atoms with E-state index in [4.69, 9.17) is 21.1 Å². The highest BCUT2D eigenvalue weighted by molar-refractivity contribution is 6.30. The number of benzene rings is 3. The second-order valence-electron chi connectivity index (χ2n) is 9.97. The fourth-order valence-corrected chi connectivity index (χ4v) is 5.20. The predicted molar refractivity (Wildman–Crippen MR) is 154 cm³/mol. The molecule has 1 N–H and O–H groups in total. The molecule has 4 rings (SSSR count). The smallest absolute Gasteiger partial charge is 0.243 e. The van der Waals surface area contributed by atoms with Crippen LogP contribution in [0.25, 0.3) is 0 Å². The van der Waals surface area contributed by atoms with Gasteiger partial charge in [-0.15, -0.1) is 0 Å². The molecule has 1 atom stereocenters. The van der Waals surface area contributed by atoms with Crippen molar-refractivity contribution >= 4 is 23.4 Å². The van der Waals surface area contributed by atoms with Crippen molar-refractivity contribution < 1.29 is 19.1 Å². The van der Waals surface area contributed by atoms with Crippen molar-refractivity contribution in [1.82, 2.24) is 10.2 Å². The van der Waals surface area contributed by atoms with Gasteiger partial charge in [-0.05, 0) is 66.8 Å². The lowest BCUT2D eigenvalue weighted by atomic mass is 10.0. The maximum Gasteiger partial charge on any atom is 0.243 e. The first kappa shape index (κ1) is 28.5. The van der Waals surface area contributed by atoms with Crippen LogP contribution in [0.5, 0.6) is 11.5 Å². The van der Waals surface area contributed by atoms with Crippen LogP contribution in [0.2, 0.25) is 5.02 Å². The minimum Gasteiger partial charge on any atom is -0.497 e. The van der Waals surface area contributed by atoms with E-state index in [2.05, 4.69) is 5.32 Å². The molecule has 3 aromatic rings. The zero-order valence-corrected chi connectivity index (χ0v) is 23.2. The van der Waals surface area contributed by atoms with E-state index in [0.29, 0.717) is 31.0 Å². The third-order valence-electron chi connectivity index (χ3n) is 7.08. The summed E-state index contributed by atoms with van der Waals surface area (Å²) >= 11 is 6.27. The van der Waals surface area contributed by atoms with Crippen molar-refractivity contribution in [2.45, 2.75) is 63.6 Å². The number of nitrogens with zero attached hydrogens (tertiary/aromatic N) is 1. The summed E-state index contributed by atoms with van der Waals surface area (Å²) in [7, 11) is 1.62. The SMILES string of the molecule is COc1ccc(OCCCC(=O)N(Cc2cccc(Cl)c2)C(Cc2ccccc2)C(=O)NC2CCCC2)cc1. The minimum absolute atomic E-state index is 0.0872. The molecule has 0 saturated heterocycles. The van der Waals surface area contributed by atoms with Crippen LogP contribution in [0.15, 0.2) is 78.9 Å². The van der Waals surface area contributed by atoms with Crippen molar-refractivity contribution in [3.8, 4) is 11.5 Å². The average Bonchev–Trinajstić information content (AvgIpc) is 3.47. The molecule has 3 aromatic carbocycles. The molecule has 0 aliphatic heterocycles. The average molecular weight is 549 g/mol. The third kappa shape index (κ3) is 8.75. The molecule has 0 heterocycles. The van der Waals surface area contributed by atoms with E-state index >= 15 is 0 Å². The van der Waals surface area contributed by atoms with E-state index in [1.165, 1.54) is 0 Å². The Morgan fingerprint density at radius 1 is 0.949 bits per heavy atom. The fourth-order valence-electron chi connectivity index (χ4n) is 4.98. The van der Waals surface area contributed by atoms with Gasteiger partial charge in [-0.3, -0.25) is 9.59 Å². The lowest BCUT2D eigenvalue weighted by Gasteiger charge is -2.32. The Morgan fingerprint density at radius 2 is 1.64 bits per heavy atom. The number of rotatable bonds is 13. The molecule has 1 fully saturated rings. The van der Waals surface area contributed by atoms with Gasteiger partial charge in [0.05, 0.1) is 13.7 Å². The Kier molecular flexibility index (Phi) is 10.7. The molecule has 2 amide bonds. The second kappa shape index (κ2) is 14.6. The minimum atomic E-state index is -0.637. The van der Waals surface area contributed by atoms with E-state index in [-0.39, 0.29) is 24.3 Å². The Balaban J connectivity index is 1.50. The van der Waals surface area contributed by atoms with Gasteiger partial charge >= 0.3 is 0 Å². The van der Waals surface area contributed by atoms with Gasteiger partial charge in [-0.2, -0.15) is 0 Å². The van der Waals surface area contributed by atoms with Crippen LogP contribution in [0.1, 0.15) is 49.7 Å². The summed E-state index contributed by atoms with van der Waals surface area (Å²) in [6, 6.07) is 24.2. The normalized spacial score (nSPS) is 14.0. The summed E-state index contributed by atoms with van der Waals surface area (Å²) in [5.41, 5.74) is 1.90. The molecule has 1 aliphatic rings. The molecule has 206 valence electrons. The monoisotopic (exact) mass is 548 g/mol. The quantitative estimate of drug-likeness (QED) is 0.258. The molecule has 1 unspecified atom stereocenters. The highest BCUT2D eigenvalue weighted by Crippen LogP contribution is 2.22. The first-order valence-corrected chi connectivity index (χ1v) is 14.0. The van der Waals surface area contributed by atoms with Crippen LogP contribution >= 0.6 is 11.6 Å². The molecular formula is C32H37ClN2O4. The van der Waals surface area contributed by atoms with Gasteiger partial charge < -0.3 is 19.7 Å². The number of nitrogens with one attached hydrogen (secondary N) is 1.